The molecule has 2 rings (SSSR count). The second-order valence-corrected chi connectivity index (χ2v) is 6.83. The molecule has 9 heteroatoms. The van der Waals surface area contributed by atoms with Gasteiger partial charge < -0.3 is 15.0 Å². The van der Waals surface area contributed by atoms with Gasteiger partial charge in [0.25, 0.3) is 0 Å². The minimum absolute atomic E-state index is 0.0581. The highest BCUT2D eigenvalue weighted by atomic mass is 32.2. The smallest absolute Gasteiger partial charge is 0.228 e. The van der Waals surface area contributed by atoms with Crippen LogP contribution in [-0.4, -0.2) is 39.1 Å². The van der Waals surface area contributed by atoms with Gasteiger partial charge in [0.15, 0.2) is 0 Å². The molecule has 1 aromatic carbocycles. The number of nitrogens with zero attached hydrogens (tertiary/aromatic N) is 1. The van der Waals surface area contributed by atoms with E-state index in [2.05, 4.69) is 5.32 Å². The molecule has 1 unspecified atom stereocenters. The zero-order valence-electron chi connectivity index (χ0n) is 12.2. The Labute approximate surface area is 128 Å². The molecule has 0 bridgehead atoms. The third-order valence-electron chi connectivity index (χ3n) is 3.36. The fraction of sp³-hybridized carbons (Fsp3) is 0.385. The first-order chi connectivity index (χ1) is 10.2. The molecule has 1 heterocycles. The minimum Gasteiger partial charge on any atom is -0.497 e. The number of ether oxygens (including phenoxy) is 1. The molecule has 1 saturated heterocycles. The van der Waals surface area contributed by atoms with Crippen LogP contribution in [0.4, 0.5) is 11.4 Å². The third kappa shape index (κ3) is 3.37. The molecule has 0 saturated carbocycles. The molecule has 0 aliphatic carbocycles. The molecule has 0 spiro atoms. The van der Waals surface area contributed by atoms with Gasteiger partial charge in [-0.1, -0.05) is 0 Å². The van der Waals surface area contributed by atoms with Crippen LogP contribution in [0.15, 0.2) is 18.2 Å². The van der Waals surface area contributed by atoms with E-state index in [1.807, 2.05) is 0 Å². The van der Waals surface area contributed by atoms with Crippen LogP contribution in [0, 0.1) is 0 Å². The number of anilines is 2. The van der Waals surface area contributed by atoms with Crippen LogP contribution in [0.3, 0.4) is 0 Å². The van der Waals surface area contributed by atoms with Crippen LogP contribution in [0.1, 0.15) is 13.3 Å². The molecule has 1 aliphatic heterocycles. The number of methoxy groups -OCH3 is 1. The van der Waals surface area contributed by atoms with Gasteiger partial charge in [-0.15, -0.1) is 0 Å². The van der Waals surface area contributed by atoms with E-state index < -0.39 is 15.3 Å². The molecule has 8 nitrogen and oxygen atoms in total. The lowest BCUT2D eigenvalue weighted by atomic mass is 10.2. The van der Waals surface area contributed by atoms with Gasteiger partial charge in [-0.3, -0.25) is 9.59 Å². The van der Waals surface area contributed by atoms with Gasteiger partial charge in [-0.25, -0.2) is 13.6 Å². The standard InChI is InChI=1S/C13H17N3O5S/c1-8(17)15-11-4-3-9(21-2)5-12(11)16-7-10(6-13(16)18)22(14,19)20/h3-5,10H,6-7H2,1-2H3,(H,15,17)(H2,14,19,20). The fourth-order valence-corrected chi connectivity index (χ4v) is 3.02. The maximum absolute atomic E-state index is 12.1. The average molecular weight is 327 g/mol. The summed E-state index contributed by atoms with van der Waals surface area (Å²) in [5.74, 6) is -0.198. The van der Waals surface area contributed by atoms with E-state index in [1.165, 1.54) is 18.9 Å². The van der Waals surface area contributed by atoms with Gasteiger partial charge in [0.2, 0.25) is 21.8 Å². The van der Waals surface area contributed by atoms with Crippen molar-refractivity contribution in [3.8, 4) is 5.75 Å². The van der Waals surface area contributed by atoms with Crippen LogP contribution in [0.5, 0.6) is 5.75 Å². The van der Waals surface area contributed by atoms with E-state index in [-0.39, 0.29) is 24.8 Å². The summed E-state index contributed by atoms with van der Waals surface area (Å²) in [7, 11) is -2.34. The molecule has 120 valence electrons. The summed E-state index contributed by atoms with van der Waals surface area (Å²) in [6, 6.07) is 4.79. The van der Waals surface area contributed by atoms with E-state index in [9.17, 15) is 18.0 Å². The highest BCUT2D eigenvalue weighted by Gasteiger charge is 2.38. The molecular weight excluding hydrogens is 310 g/mol. The molecule has 1 atom stereocenters. The zero-order chi connectivity index (χ0) is 16.5. The van der Waals surface area contributed by atoms with Crippen LogP contribution in [-0.2, 0) is 19.6 Å². The Bertz CT molecular complexity index is 716. The quantitative estimate of drug-likeness (QED) is 0.810. The van der Waals surface area contributed by atoms with Crippen molar-refractivity contribution in [2.75, 3.05) is 23.9 Å². The molecule has 2 amide bonds. The summed E-state index contributed by atoms with van der Waals surface area (Å²) in [5.41, 5.74) is 0.780. The highest BCUT2D eigenvalue weighted by Crippen LogP contribution is 2.34. The number of nitrogens with two attached hydrogens (primary N) is 1. The minimum atomic E-state index is -3.81. The molecule has 0 aromatic heterocycles. The summed E-state index contributed by atoms with van der Waals surface area (Å²) < 4.78 is 28.0. The lowest BCUT2D eigenvalue weighted by Gasteiger charge is -2.21. The normalized spacial score (nSPS) is 18.4. The number of amides is 2. The summed E-state index contributed by atoms with van der Waals surface area (Å²) in [5, 5.41) is 6.76. The molecule has 3 N–H and O–H groups in total. The zero-order valence-corrected chi connectivity index (χ0v) is 13.0. The van der Waals surface area contributed by atoms with Crippen LogP contribution >= 0.6 is 0 Å². The van der Waals surface area contributed by atoms with Crippen molar-refractivity contribution in [1.29, 1.82) is 0 Å². The molecular formula is C13H17N3O5S. The Balaban J connectivity index is 2.42. The molecule has 1 fully saturated rings. The molecule has 0 radical (unpaired) electrons. The van der Waals surface area contributed by atoms with Crippen molar-refractivity contribution in [2.24, 2.45) is 5.14 Å². The Morgan fingerprint density at radius 1 is 1.45 bits per heavy atom. The Hall–Kier alpha value is -2.13. The van der Waals surface area contributed by atoms with E-state index in [0.717, 1.165) is 0 Å². The van der Waals surface area contributed by atoms with Gasteiger partial charge in [0, 0.05) is 26.0 Å². The average Bonchev–Trinajstić information content (AvgIpc) is 2.80. The van der Waals surface area contributed by atoms with Crippen molar-refractivity contribution in [3.63, 3.8) is 0 Å². The van der Waals surface area contributed by atoms with Gasteiger partial charge in [0.05, 0.1) is 18.5 Å². The first-order valence-corrected chi connectivity index (χ1v) is 8.11. The Morgan fingerprint density at radius 3 is 2.64 bits per heavy atom. The van der Waals surface area contributed by atoms with Crippen molar-refractivity contribution in [2.45, 2.75) is 18.6 Å². The third-order valence-corrected chi connectivity index (χ3v) is 4.61. The maximum atomic E-state index is 12.1. The van der Waals surface area contributed by atoms with Crippen molar-refractivity contribution in [3.05, 3.63) is 18.2 Å². The Kier molecular flexibility index (Phi) is 4.38. The van der Waals surface area contributed by atoms with Gasteiger partial charge in [-0.2, -0.15) is 0 Å². The van der Waals surface area contributed by atoms with Gasteiger partial charge in [-0.05, 0) is 12.1 Å². The lowest BCUT2D eigenvalue weighted by molar-refractivity contribution is -0.117. The van der Waals surface area contributed by atoms with Crippen molar-refractivity contribution >= 4 is 33.2 Å². The number of carbonyl (C=O) groups excluding carboxylic acids is 2. The van der Waals surface area contributed by atoms with Crippen LogP contribution in [0.2, 0.25) is 0 Å². The number of carbonyl (C=O) groups is 2. The number of benzene rings is 1. The SMILES string of the molecule is COc1ccc(NC(C)=O)c(N2CC(S(N)(=O)=O)CC2=O)c1. The van der Waals surface area contributed by atoms with Crippen LogP contribution in [0.25, 0.3) is 0 Å². The lowest BCUT2D eigenvalue weighted by Crippen LogP contribution is -2.32. The topological polar surface area (TPSA) is 119 Å². The number of primary sulfonamides is 1. The van der Waals surface area contributed by atoms with Gasteiger partial charge in [0.1, 0.15) is 11.0 Å². The largest absolute Gasteiger partial charge is 0.497 e. The predicted molar refractivity (Wildman–Crippen MR) is 81.2 cm³/mol. The molecule has 1 aromatic rings. The monoisotopic (exact) mass is 327 g/mol. The second-order valence-electron chi connectivity index (χ2n) is 4.98. The first kappa shape index (κ1) is 16.2. The molecule has 1 aliphatic rings. The highest BCUT2D eigenvalue weighted by molar-refractivity contribution is 7.89. The van der Waals surface area contributed by atoms with Crippen LogP contribution < -0.4 is 20.1 Å². The van der Waals surface area contributed by atoms with E-state index in [1.54, 1.807) is 18.2 Å². The maximum Gasteiger partial charge on any atom is 0.228 e. The van der Waals surface area contributed by atoms with Crippen molar-refractivity contribution in [1.82, 2.24) is 0 Å². The summed E-state index contributed by atoms with van der Waals surface area (Å²) >= 11 is 0. The fourth-order valence-electron chi connectivity index (χ4n) is 2.28. The number of sulfonamides is 1. The molecule has 22 heavy (non-hydrogen) atoms. The second kappa shape index (κ2) is 5.93. The predicted octanol–water partition coefficient (Wildman–Crippen LogP) is 0.0474. The summed E-state index contributed by atoms with van der Waals surface area (Å²) in [6.45, 7) is 1.28. The first-order valence-electron chi connectivity index (χ1n) is 6.50. The van der Waals surface area contributed by atoms with E-state index >= 15 is 0 Å². The van der Waals surface area contributed by atoms with E-state index in [0.29, 0.717) is 17.1 Å². The Morgan fingerprint density at radius 2 is 2.14 bits per heavy atom. The van der Waals surface area contributed by atoms with Gasteiger partial charge >= 0.3 is 0 Å². The van der Waals surface area contributed by atoms with Crippen molar-refractivity contribution < 1.29 is 22.7 Å². The summed E-state index contributed by atoms with van der Waals surface area (Å²) in [6.07, 6.45) is -0.185. The van der Waals surface area contributed by atoms with E-state index in [4.69, 9.17) is 9.88 Å². The number of hydrogen-bond acceptors (Lipinski definition) is 5. The number of nitrogens with one attached hydrogen (secondary N) is 1. The number of rotatable bonds is 4. The summed E-state index contributed by atoms with van der Waals surface area (Å²) in [4.78, 5) is 24.7. The number of hydrogen-bond donors (Lipinski definition) is 2.